The zero-order valence-corrected chi connectivity index (χ0v) is 7.79. The van der Waals surface area contributed by atoms with E-state index in [0.717, 1.165) is 0 Å². The Morgan fingerprint density at radius 2 is 2.18 bits per heavy atom. The number of aromatic nitrogens is 2. The topological polar surface area (TPSA) is 68.9 Å². The molecule has 0 bridgehead atoms. The summed E-state index contributed by atoms with van der Waals surface area (Å²) in [4.78, 5) is 17.6. The Balaban J connectivity index is 0.000001000. The number of primary amides is 1. The molecule has 0 unspecified atom stereocenters. The monoisotopic (exact) mass is 237 g/mol. The second-order valence-electron chi connectivity index (χ2n) is 1.59. The van der Waals surface area contributed by atoms with E-state index in [4.69, 9.17) is 17.3 Å². The number of amides is 1. The van der Waals surface area contributed by atoms with Crippen molar-refractivity contribution >= 4 is 34.5 Å². The molecule has 1 heterocycles. The summed E-state index contributed by atoms with van der Waals surface area (Å²) in [6.07, 6.45) is 2.59. The van der Waals surface area contributed by atoms with Crippen molar-refractivity contribution in [3.8, 4) is 0 Å². The maximum absolute atomic E-state index is 10.4. The number of nitrogens with two attached hydrogens (primary N) is 1. The smallest absolute Gasteiger partial charge is 0.268 e. The summed E-state index contributed by atoms with van der Waals surface area (Å²) in [5, 5.41) is 0.163. The van der Waals surface area contributed by atoms with Crippen molar-refractivity contribution in [1.82, 2.24) is 9.97 Å². The van der Waals surface area contributed by atoms with E-state index in [2.05, 4.69) is 9.97 Å². The summed E-state index contributed by atoms with van der Waals surface area (Å²) in [5.74, 6) is -0.630. The number of hydrogen-bond acceptors (Lipinski definition) is 3. The Hall–Kier alpha value is -0.680. The first-order valence-corrected chi connectivity index (χ1v) is 2.85. The lowest BCUT2D eigenvalue weighted by Crippen LogP contribution is -2.13. The largest absolute Gasteiger partial charge is 0.364 e. The van der Waals surface area contributed by atoms with Gasteiger partial charge in [0, 0.05) is 0 Å². The van der Waals surface area contributed by atoms with Gasteiger partial charge in [-0.15, -0.1) is 17.0 Å². The zero-order valence-electron chi connectivity index (χ0n) is 5.32. The number of nitrogens with zero attached hydrogens (tertiary/aromatic N) is 2. The molecule has 0 aliphatic rings. The van der Waals surface area contributed by atoms with E-state index in [-0.39, 0.29) is 27.8 Å². The maximum atomic E-state index is 10.4. The molecule has 0 saturated carbocycles. The summed E-state index contributed by atoms with van der Waals surface area (Å²) in [6.45, 7) is 0. The van der Waals surface area contributed by atoms with Gasteiger partial charge in [-0.1, -0.05) is 11.6 Å². The molecule has 0 spiro atoms. The summed E-state index contributed by atoms with van der Waals surface area (Å²) < 4.78 is 0. The molecule has 11 heavy (non-hydrogen) atoms. The normalized spacial score (nSPS) is 8.45. The lowest BCUT2D eigenvalue weighted by Gasteiger charge is -1.91. The van der Waals surface area contributed by atoms with Gasteiger partial charge in [-0.05, 0) is 0 Å². The van der Waals surface area contributed by atoms with E-state index in [9.17, 15) is 4.79 Å². The third-order valence-corrected chi connectivity index (χ3v) is 1.04. The van der Waals surface area contributed by atoms with E-state index in [1.54, 1.807) is 0 Å². The van der Waals surface area contributed by atoms with E-state index in [0.29, 0.717) is 0 Å². The van der Waals surface area contributed by atoms with E-state index in [1.807, 2.05) is 0 Å². The molecule has 1 aromatic heterocycles. The highest BCUT2D eigenvalue weighted by Gasteiger charge is 2.01. The molecule has 2 N–H and O–H groups in total. The van der Waals surface area contributed by atoms with E-state index < -0.39 is 5.91 Å². The van der Waals surface area contributed by atoms with Crippen LogP contribution in [0.15, 0.2) is 12.4 Å². The number of carbonyl (C=O) groups is 1. The molecule has 6 heteroatoms. The highest BCUT2D eigenvalue weighted by molar-refractivity contribution is 8.93. The molecule has 60 valence electrons. The van der Waals surface area contributed by atoms with Gasteiger partial charge in [0.05, 0.1) is 12.4 Å². The minimum Gasteiger partial charge on any atom is -0.364 e. The molecule has 0 aromatic carbocycles. The zero-order chi connectivity index (χ0) is 7.56. The maximum Gasteiger partial charge on any atom is 0.268 e. The average molecular weight is 238 g/mol. The van der Waals surface area contributed by atoms with Crippen LogP contribution in [0.5, 0.6) is 0 Å². The minimum absolute atomic E-state index is 0. The fourth-order valence-corrected chi connectivity index (χ4v) is 0.608. The van der Waals surface area contributed by atoms with Crippen molar-refractivity contribution in [3.05, 3.63) is 23.2 Å². The molecule has 1 amide bonds. The third kappa shape index (κ3) is 2.81. The van der Waals surface area contributed by atoms with Crippen molar-refractivity contribution in [3.63, 3.8) is 0 Å². The van der Waals surface area contributed by atoms with Crippen LogP contribution in [0, 0.1) is 0 Å². The van der Waals surface area contributed by atoms with Crippen molar-refractivity contribution in [1.29, 1.82) is 0 Å². The summed E-state index contributed by atoms with van der Waals surface area (Å²) in [6, 6.07) is 0. The fourth-order valence-electron chi connectivity index (χ4n) is 0.461. The van der Waals surface area contributed by atoms with Crippen molar-refractivity contribution in [2.75, 3.05) is 0 Å². The predicted octanol–water partition coefficient (Wildman–Crippen LogP) is 0.807. The van der Waals surface area contributed by atoms with Crippen LogP contribution in [0.3, 0.4) is 0 Å². The second kappa shape index (κ2) is 4.25. The molecule has 0 saturated heterocycles. The molecule has 0 aliphatic heterocycles. The van der Waals surface area contributed by atoms with Crippen molar-refractivity contribution < 1.29 is 4.79 Å². The van der Waals surface area contributed by atoms with Gasteiger partial charge in [-0.25, -0.2) is 4.98 Å². The Morgan fingerprint density at radius 3 is 2.55 bits per heavy atom. The van der Waals surface area contributed by atoms with Gasteiger partial charge in [0.2, 0.25) is 0 Å². The van der Waals surface area contributed by atoms with Crippen LogP contribution >= 0.6 is 28.6 Å². The molecule has 0 atom stereocenters. The van der Waals surface area contributed by atoms with Gasteiger partial charge >= 0.3 is 0 Å². The van der Waals surface area contributed by atoms with Gasteiger partial charge in [0.25, 0.3) is 5.91 Å². The highest BCUT2D eigenvalue weighted by Crippen LogP contribution is 2.00. The summed E-state index contributed by atoms with van der Waals surface area (Å²) >= 11 is 5.41. The minimum atomic E-state index is -0.630. The number of halogens is 2. The molecule has 0 fully saturated rings. The molecule has 0 aliphatic carbocycles. The molecular formula is C5H5BrClN3O. The van der Waals surface area contributed by atoms with E-state index in [1.165, 1.54) is 12.4 Å². The molecule has 4 nitrogen and oxygen atoms in total. The van der Waals surface area contributed by atoms with Crippen molar-refractivity contribution in [2.45, 2.75) is 0 Å². The van der Waals surface area contributed by atoms with Gasteiger partial charge < -0.3 is 5.73 Å². The number of hydrogen-bond donors (Lipinski definition) is 1. The Morgan fingerprint density at radius 1 is 1.55 bits per heavy atom. The van der Waals surface area contributed by atoms with Crippen LogP contribution in [0.25, 0.3) is 0 Å². The Kier molecular flexibility index (Phi) is 3.99. The van der Waals surface area contributed by atoms with Gasteiger partial charge in [0.15, 0.2) is 0 Å². The molecular weight excluding hydrogens is 233 g/mol. The van der Waals surface area contributed by atoms with Crippen LogP contribution in [-0.2, 0) is 0 Å². The predicted molar refractivity (Wildman–Crippen MR) is 45.9 cm³/mol. The first-order chi connectivity index (χ1) is 4.70. The third-order valence-electron chi connectivity index (χ3n) is 0.858. The second-order valence-corrected chi connectivity index (χ2v) is 1.98. The van der Waals surface area contributed by atoms with Crippen LogP contribution in [0.1, 0.15) is 10.5 Å². The quantitative estimate of drug-likeness (QED) is 0.787. The number of rotatable bonds is 1. The lowest BCUT2D eigenvalue weighted by molar-refractivity contribution is 0.0995. The van der Waals surface area contributed by atoms with E-state index >= 15 is 0 Å². The van der Waals surface area contributed by atoms with Gasteiger partial charge in [-0.2, -0.15) is 0 Å². The van der Waals surface area contributed by atoms with Gasteiger partial charge in [-0.3, -0.25) is 9.78 Å². The first-order valence-electron chi connectivity index (χ1n) is 2.47. The van der Waals surface area contributed by atoms with Gasteiger partial charge in [0.1, 0.15) is 10.8 Å². The average Bonchev–Trinajstić information content (AvgIpc) is 1.88. The standard InChI is InChI=1S/C5H4ClN3O.BrH/c6-4-2-8-1-3(9-4)5(7)10;/h1-2H,(H2,7,10);1H. The van der Waals surface area contributed by atoms with Crippen LogP contribution in [0.4, 0.5) is 0 Å². The fraction of sp³-hybridized carbons (Fsp3) is 0. The van der Waals surface area contributed by atoms with Crippen LogP contribution in [-0.4, -0.2) is 15.9 Å². The molecule has 1 rings (SSSR count). The summed E-state index contributed by atoms with van der Waals surface area (Å²) in [5.41, 5.74) is 4.96. The Bertz CT molecular complexity index is 268. The molecule has 1 aromatic rings. The van der Waals surface area contributed by atoms with Crippen molar-refractivity contribution in [2.24, 2.45) is 5.73 Å². The van der Waals surface area contributed by atoms with Crippen LogP contribution < -0.4 is 5.73 Å². The lowest BCUT2D eigenvalue weighted by atomic mass is 10.4. The summed E-state index contributed by atoms with van der Waals surface area (Å²) in [7, 11) is 0. The van der Waals surface area contributed by atoms with Crippen LogP contribution in [0.2, 0.25) is 5.15 Å². The molecule has 0 radical (unpaired) electrons. The Labute approximate surface area is 78.6 Å². The number of carbonyl (C=O) groups excluding carboxylic acids is 1. The first kappa shape index (κ1) is 10.3. The highest BCUT2D eigenvalue weighted by atomic mass is 79.9. The SMILES string of the molecule is Br.NC(=O)c1cncc(Cl)n1.